The maximum absolute atomic E-state index is 12.6. The van der Waals surface area contributed by atoms with Crippen LogP contribution in [0.15, 0.2) is 22.7 Å². The van der Waals surface area contributed by atoms with Gasteiger partial charge in [-0.2, -0.15) is 4.98 Å². The Morgan fingerprint density at radius 2 is 2.08 bits per heavy atom. The standard InChI is InChI=1S/C17H22N4O2.ClH/c1-9(2)14(17-20-15(21-23-17)11-5-6-11)19-16(22)13-8-12(18)7-4-10(13)3;/h4,7-9,11,14H,5-6,18H2,1-3H3,(H,19,22);1H. The Labute approximate surface area is 147 Å². The molecule has 1 heterocycles. The predicted molar refractivity (Wildman–Crippen MR) is 94.2 cm³/mol. The number of nitrogens with one attached hydrogen (secondary N) is 1. The summed E-state index contributed by atoms with van der Waals surface area (Å²) in [5.74, 6) is 1.59. The Hall–Kier alpha value is -2.08. The number of carbonyl (C=O) groups excluding carboxylic acids is 1. The lowest BCUT2D eigenvalue weighted by Gasteiger charge is -2.19. The van der Waals surface area contributed by atoms with Crippen LogP contribution in [0.4, 0.5) is 5.69 Å². The largest absolute Gasteiger partial charge is 0.399 e. The van der Waals surface area contributed by atoms with Gasteiger partial charge in [0.05, 0.1) is 0 Å². The summed E-state index contributed by atoms with van der Waals surface area (Å²) in [6, 6.07) is 4.99. The number of aryl methyl sites for hydroxylation is 1. The molecule has 1 saturated carbocycles. The molecule has 3 N–H and O–H groups in total. The molecule has 1 unspecified atom stereocenters. The molecule has 130 valence electrons. The summed E-state index contributed by atoms with van der Waals surface area (Å²) in [4.78, 5) is 17.1. The lowest BCUT2D eigenvalue weighted by molar-refractivity contribution is 0.0913. The number of nitrogens with zero attached hydrogens (tertiary/aromatic N) is 2. The van der Waals surface area contributed by atoms with Gasteiger partial charge in [0.25, 0.3) is 5.91 Å². The molecule has 0 saturated heterocycles. The van der Waals surface area contributed by atoms with Gasteiger partial charge in [0.2, 0.25) is 5.89 Å². The molecule has 1 aliphatic carbocycles. The molecule has 0 spiro atoms. The smallest absolute Gasteiger partial charge is 0.252 e. The van der Waals surface area contributed by atoms with E-state index in [4.69, 9.17) is 10.3 Å². The number of anilines is 1. The zero-order chi connectivity index (χ0) is 16.6. The van der Waals surface area contributed by atoms with Crippen LogP contribution in [0.5, 0.6) is 0 Å². The van der Waals surface area contributed by atoms with Crippen LogP contribution in [-0.4, -0.2) is 16.0 Å². The summed E-state index contributed by atoms with van der Waals surface area (Å²) >= 11 is 0. The Morgan fingerprint density at radius 3 is 2.71 bits per heavy atom. The average Bonchev–Trinajstić information content (AvgIpc) is 3.25. The fourth-order valence-electron chi connectivity index (χ4n) is 2.50. The van der Waals surface area contributed by atoms with Gasteiger partial charge in [-0.1, -0.05) is 25.1 Å². The van der Waals surface area contributed by atoms with E-state index in [0.29, 0.717) is 23.1 Å². The summed E-state index contributed by atoms with van der Waals surface area (Å²) < 4.78 is 5.38. The van der Waals surface area contributed by atoms with Crippen molar-refractivity contribution in [1.29, 1.82) is 0 Å². The highest BCUT2D eigenvalue weighted by Gasteiger charge is 2.31. The molecule has 1 fully saturated rings. The fraction of sp³-hybridized carbons (Fsp3) is 0.471. The molecule has 2 aromatic rings. The van der Waals surface area contributed by atoms with Crippen molar-refractivity contribution < 1.29 is 9.32 Å². The number of nitrogens with two attached hydrogens (primary N) is 1. The molecule has 7 heteroatoms. The molecule has 24 heavy (non-hydrogen) atoms. The normalized spacial score (nSPS) is 15.0. The lowest BCUT2D eigenvalue weighted by Crippen LogP contribution is -2.32. The number of aromatic nitrogens is 2. The van der Waals surface area contributed by atoms with Crippen molar-refractivity contribution in [1.82, 2.24) is 15.5 Å². The van der Waals surface area contributed by atoms with E-state index in [1.807, 2.05) is 26.8 Å². The third-order valence-electron chi connectivity index (χ3n) is 4.13. The van der Waals surface area contributed by atoms with E-state index in [1.54, 1.807) is 12.1 Å². The molecule has 1 aromatic carbocycles. The van der Waals surface area contributed by atoms with E-state index in [1.165, 1.54) is 0 Å². The molecular weight excluding hydrogens is 328 g/mol. The zero-order valence-corrected chi connectivity index (χ0v) is 14.9. The summed E-state index contributed by atoms with van der Waals surface area (Å²) in [5.41, 5.74) is 7.80. The van der Waals surface area contributed by atoms with Crippen LogP contribution in [-0.2, 0) is 0 Å². The minimum atomic E-state index is -0.316. The number of hydrogen-bond donors (Lipinski definition) is 2. The second-order valence-electron chi connectivity index (χ2n) is 6.53. The molecule has 1 aliphatic rings. The first kappa shape index (κ1) is 18.3. The number of hydrogen-bond acceptors (Lipinski definition) is 5. The van der Waals surface area contributed by atoms with Gasteiger partial charge < -0.3 is 15.6 Å². The van der Waals surface area contributed by atoms with Crippen LogP contribution < -0.4 is 11.1 Å². The first-order valence-corrected chi connectivity index (χ1v) is 7.96. The SMILES string of the molecule is Cc1ccc(N)cc1C(=O)NC(c1nc(C2CC2)no1)C(C)C.Cl. The van der Waals surface area contributed by atoms with E-state index in [2.05, 4.69) is 15.5 Å². The van der Waals surface area contributed by atoms with Gasteiger partial charge >= 0.3 is 0 Å². The van der Waals surface area contributed by atoms with Gasteiger partial charge in [-0.3, -0.25) is 4.79 Å². The number of carbonyl (C=O) groups is 1. The second-order valence-corrected chi connectivity index (χ2v) is 6.53. The molecule has 6 nitrogen and oxygen atoms in total. The quantitative estimate of drug-likeness (QED) is 0.806. The van der Waals surface area contributed by atoms with Crippen LogP contribution in [0.25, 0.3) is 0 Å². The van der Waals surface area contributed by atoms with Crippen LogP contribution in [0.2, 0.25) is 0 Å². The van der Waals surface area contributed by atoms with Crippen molar-refractivity contribution in [3.63, 3.8) is 0 Å². The zero-order valence-electron chi connectivity index (χ0n) is 14.1. The van der Waals surface area contributed by atoms with Gasteiger partial charge in [0, 0.05) is 17.2 Å². The third-order valence-corrected chi connectivity index (χ3v) is 4.13. The van der Waals surface area contributed by atoms with Crippen molar-refractivity contribution >= 4 is 24.0 Å². The summed E-state index contributed by atoms with van der Waals surface area (Å²) in [6.45, 7) is 5.91. The number of halogens is 1. The molecule has 0 radical (unpaired) electrons. The first-order chi connectivity index (χ1) is 11.0. The van der Waals surface area contributed by atoms with Gasteiger partial charge in [0.15, 0.2) is 5.82 Å². The maximum atomic E-state index is 12.6. The van der Waals surface area contributed by atoms with Crippen molar-refractivity contribution in [2.45, 2.75) is 45.6 Å². The molecule has 1 aromatic heterocycles. The molecule has 3 rings (SSSR count). The number of rotatable bonds is 5. The number of benzene rings is 1. The Balaban J connectivity index is 0.00000208. The third kappa shape index (κ3) is 3.87. The van der Waals surface area contributed by atoms with Gasteiger partial charge in [-0.15, -0.1) is 12.4 Å². The minimum Gasteiger partial charge on any atom is -0.399 e. The Bertz CT molecular complexity index is 725. The molecular formula is C17H23ClN4O2. The number of amides is 1. The molecule has 1 atom stereocenters. The van der Waals surface area contributed by atoms with Crippen LogP contribution >= 0.6 is 12.4 Å². The monoisotopic (exact) mass is 350 g/mol. The van der Waals surface area contributed by atoms with Crippen LogP contribution in [0, 0.1) is 12.8 Å². The highest BCUT2D eigenvalue weighted by molar-refractivity contribution is 5.96. The van der Waals surface area contributed by atoms with Crippen molar-refractivity contribution in [3.8, 4) is 0 Å². The van der Waals surface area contributed by atoms with Crippen molar-refractivity contribution in [2.24, 2.45) is 5.92 Å². The second kappa shape index (κ2) is 7.21. The van der Waals surface area contributed by atoms with E-state index in [9.17, 15) is 4.79 Å². The maximum Gasteiger partial charge on any atom is 0.252 e. The molecule has 0 aliphatic heterocycles. The fourth-order valence-corrected chi connectivity index (χ4v) is 2.50. The van der Waals surface area contributed by atoms with Crippen molar-refractivity contribution in [3.05, 3.63) is 41.0 Å². The molecule has 1 amide bonds. The van der Waals surface area contributed by atoms with Gasteiger partial charge in [-0.25, -0.2) is 0 Å². The highest BCUT2D eigenvalue weighted by atomic mass is 35.5. The Kier molecular flexibility index (Phi) is 5.49. The van der Waals surface area contributed by atoms with Gasteiger partial charge in [0.1, 0.15) is 6.04 Å². The van der Waals surface area contributed by atoms with E-state index in [0.717, 1.165) is 24.2 Å². The first-order valence-electron chi connectivity index (χ1n) is 7.96. The van der Waals surface area contributed by atoms with Crippen LogP contribution in [0.1, 0.15) is 66.3 Å². The lowest BCUT2D eigenvalue weighted by atomic mass is 10.0. The number of nitrogen functional groups attached to an aromatic ring is 1. The average molecular weight is 351 g/mol. The summed E-state index contributed by atoms with van der Waals surface area (Å²) in [6.07, 6.45) is 2.22. The predicted octanol–water partition coefficient (Wildman–Crippen LogP) is 3.39. The van der Waals surface area contributed by atoms with Crippen molar-refractivity contribution in [2.75, 3.05) is 5.73 Å². The van der Waals surface area contributed by atoms with E-state index >= 15 is 0 Å². The van der Waals surface area contributed by atoms with E-state index < -0.39 is 0 Å². The minimum absolute atomic E-state index is 0. The summed E-state index contributed by atoms with van der Waals surface area (Å²) in [7, 11) is 0. The van der Waals surface area contributed by atoms with Crippen LogP contribution in [0.3, 0.4) is 0 Å². The summed E-state index contributed by atoms with van der Waals surface area (Å²) in [5, 5.41) is 7.03. The highest BCUT2D eigenvalue weighted by Crippen LogP contribution is 2.38. The topological polar surface area (TPSA) is 94.0 Å². The molecule has 0 bridgehead atoms. The Morgan fingerprint density at radius 1 is 1.38 bits per heavy atom. The van der Waals surface area contributed by atoms with Gasteiger partial charge in [-0.05, 0) is 43.4 Å². The van der Waals surface area contributed by atoms with E-state index in [-0.39, 0.29) is 30.3 Å².